The second-order valence-electron chi connectivity index (χ2n) is 5.75. The molecule has 2 aromatic heterocycles. The number of anilines is 3. The number of hydrogen-bond acceptors (Lipinski definition) is 5. The zero-order valence-electron chi connectivity index (χ0n) is 13.9. The number of para-hydroxylation sites is 1. The molecule has 0 aliphatic heterocycles. The summed E-state index contributed by atoms with van der Waals surface area (Å²) in [6, 6.07) is 17.9. The summed E-state index contributed by atoms with van der Waals surface area (Å²) >= 11 is 0. The lowest BCUT2D eigenvalue weighted by Gasteiger charge is -2.12. The second-order valence-corrected chi connectivity index (χ2v) is 5.75. The topological polar surface area (TPSA) is 62.7 Å². The Hall–Kier alpha value is -3.54. The van der Waals surface area contributed by atoms with E-state index in [1.54, 1.807) is 24.5 Å². The van der Waals surface area contributed by atoms with E-state index in [1.807, 2.05) is 36.4 Å². The minimum absolute atomic E-state index is 0.245. The Labute approximate surface area is 150 Å². The van der Waals surface area contributed by atoms with Gasteiger partial charge < -0.3 is 10.6 Å². The van der Waals surface area contributed by atoms with Gasteiger partial charge in [0.25, 0.3) is 0 Å². The largest absolute Gasteiger partial charge is 0.365 e. The molecule has 4 aromatic rings. The van der Waals surface area contributed by atoms with Crippen LogP contribution in [-0.4, -0.2) is 15.0 Å². The lowest BCUT2D eigenvalue weighted by Crippen LogP contribution is -2.05. The standard InChI is InChI=1S/C20H16FN5/c21-15-7-5-14(6-8-15)13-23-19-17-3-1-2-4-18(17)25-20(26-19)24-16-9-11-22-12-10-16/h1-12H,13H2,(H2,22,23,24,25,26). The molecule has 0 aliphatic rings. The SMILES string of the molecule is Fc1ccc(CNc2nc(Nc3ccncc3)nc3ccccc23)cc1. The smallest absolute Gasteiger partial charge is 0.229 e. The van der Waals surface area contributed by atoms with Crippen molar-refractivity contribution in [1.82, 2.24) is 15.0 Å². The number of aromatic nitrogens is 3. The zero-order valence-corrected chi connectivity index (χ0v) is 13.9. The molecule has 2 N–H and O–H groups in total. The Bertz CT molecular complexity index is 1020. The van der Waals surface area contributed by atoms with Gasteiger partial charge in [0.2, 0.25) is 5.95 Å². The molecule has 0 radical (unpaired) electrons. The fourth-order valence-electron chi connectivity index (χ4n) is 2.62. The van der Waals surface area contributed by atoms with Crippen LogP contribution in [0.15, 0.2) is 73.1 Å². The van der Waals surface area contributed by atoms with Crippen LogP contribution in [-0.2, 0) is 6.54 Å². The highest BCUT2D eigenvalue weighted by molar-refractivity contribution is 5.90. The first-order chi connectivity index (χ1) is 12.8. The Balaban J connectivity index is 1.64. The van der Waals surface area contributed by atoms with Crippen molar-refractivity contribution in [3.05, 3.63) is 84.4 Å². The van der Waals surface area contributed by atoms with Crippen LogP contribution < -0.4 is 10.6 Å². The van der Waals surface area contributed by atoms with Crippen LogP contribution in [0.25, 0.3) is 10.9 Å². The molecule has 128 valence electrons. The number of hydrogen-bond donors (Lipinski definition) is 2. The van der Waals surface area contributed by atoms with Gasteiger partial charge in [-0.1, -0.05) is 24.3 Å². The predicted molar refractivity (Wildman–Crippen MR) is 101 cm³/mol. The molecule has 6 heteroatoms. The fourth-order valence-corrected chi connectivity index (χ4v) is 2.62. The monoisotopic (exact) mass is 345 g/mol. The Morgan fingerprint density at radius 2 is 1.62 bits per heavy atom. The highest BCUT2D eigenvalue weighted by Crippen LogP contribution is 2.24. The van der Waals surface area contributed by atoms with Gasteiger partial charge in [0.15, 0.2) is 0 Å². The molecule has 0 atom stereocenters. The lowest BCUT2D eigenvalue weighted by atomic mass is 10.2. The van der Waals surface area contributed by atoms with Crippen LogP contribution >= 0.6 is 0 Å². The van der Waals surface area contributed by atoms with E-state index in [4.69, 9.17) is 0 Å². The summed E-state index contributed by atoms with van der Waals surface area (Å²) in [7, 11) is 0. The van der Waals surface area contributed by atoms with E-state index < -0.39 is 0 Å². The number of nitrogens with one attached hydrogen (secondary N) is 2. The summed E-state index contributed by atoms with van der Waals surface area (Å²) in [4.78, 5) is 13.2. The molecular weight excluding hydrogens is 329 g/mol. The van der Waals surface area contributed by atoms with Crippen LogP contribution in [0.4, 0.5) is 21.8 Å². The van der Waals surface area contributed by atoms with Gasteiger partial charge in [-0.2, -0.15) is 4.98 Å². The van der Waals surface area contributed by atoms with Crippen molar-refractivity contribution in [1.29, 1.82) is 0 Å². The highest BCUT2D eigenvalue weighted by Gasteiger charge is 2.08. The van der Waals surface area contributed by atoms with Crippen LogP contribution in [0, 0.1) is 5.82 Å². The molecule has 5 nitrogen and oxygen atoms in total. The van der Waals surface area contributed by atoms with Crippen LogP contribution in [0.3, 0.4) is 0 Å². The summed E-state index contributed by atoms with van der Waals surface area (Å²) < 4.78 is 13.1. The zero-order chi connectivity index (χ0) is 17.8. The molecule has 0 unspecified atom stereocenters. The van der Waals surface area contributed by atoms with Gasteiger partial charge in [0, 0.05) is 30.0 Å². The van der Waals surface area contributed by atoms with Gasteiger partial charge >= 0.3 is 0 Å². The first-order valence-electron chi connectivity index (χ1n) is 8.20. The van der Waals surface area contributed by atoms with E-state index in [1.165, 1.54) is 12.1 Å². The van der Waals surface area contributed by atoms with Crippen molar-refractivity contribution in [3.8, 4) is 0 Å². The van der Waals surface area contributed by atoms with Gasteiger partial charge in [-0.25, -0.2) is 9.37 Å². The van der Waals surface area contributed by atoms with Gasteiger partial charge in [0.1, 0.15) is 11.6 Å². The highest BCUT2D eigenvalue weighted by atomic mass is 19.1. The summed E-state index contributed by atoms with van der Waals surface area (Å²) in [5.41, 5.74) is 2.66. The maximum atomic E-state index is 13.1. The third-order valence-corrected chi connectivity index (χ3v) is 3.91. The van der Waals surface area contributed by atoms with Crippen LogP contribution in [0.2, 0.25) is 0 Å². The van der Waals surface area contributed by atoms with Gasteiger partial charge in [-0.05, 0) is 42.0 Å². The number of pyridine rings is 1. The lowest BCUT2D eigenvalue weighted by molar-refractivity contribution is 0.627. The molecular formula is C20H16FN5. The Kier molecular flexibility index (Phi) is 4.38. The van der Waals surface area contributed by atoms with Crippen molar-refractivity contribution in [2.24, 2.45) is 0 Å². The summed E-state index contributed by atoms with van der Waals surface area (Å²) in [5, 5.41) is 7.44. The van der Waals surface area contributed by atoms with Gasteiger partial charge in [-0.3, -0.25) is 4.98 Å². The normalized spacial score (nSPS) is 10.7. The van der Waals surface area contributed by atoms with E-state index in [0.29, 0.717) is 12.5 Å². The predicted octanol–water partition coefficient (Wildman–Crippen LogP) is 4.52. The van der Waals surface area contributed by atoms with Crippen molar-refractivity contribution < 1.29 is 4.39 Å². The maximum absolute atomic E-state index is 13.1. The quantitative estimate of drug-likeness (QED) is 0.557. The van der Waals surface area contributed by atoms with Crippen molar-refractivity contribution in [2.75, 3.05) is 10.6 Å². The van der Waals surface area contributed by atoms with E-state index >= 15 is 0 Å². The van der Waals surface area contributed by atoms with Crippen LogP contribution in [0.5, 0.6) is 0 Å². The van der Waals surface area contributed by atoms with Crippen molar-refractivity contribution >= 4 is 28.4 Å². The minimum Gasteiger partial charge on any atom is -0.365 e. The molecule has 2 heterocycles. The summed E-state index contributed by atoms with van der Waals surface area (Å²) in [6.45, 7) is 0.538. The molecule has 0 amide bonds. The Morgan fingerprint density at radius 1 is 0.846 bits per heavy atom. The van der Waals surface area contributed by atoms with E-state index in [-0.39, 0.29) is 5.82 Å². The fraction of sp³-hybridized carbons (Fsp3) is 0.0500. The molecule has 4 rings (SSSR count). The van der Waals surface area contributed by atoms with E-state index in [9.17, 15) is 4.39 Å². The van der Waals surface area contributed by atoms with Crippen LogP contribution in [0.1, 0.15) is 5.56 Å². The Morgan fingerprint density at radius 3 is 2.42 bits per heavy atom. The van der Waals surface area contributed by atoms with E-state index in [2.05, 4.69) is 25.6 Å². The van der Waals surface area contributed by atoms with E-state index in [0.717, 1.165) is 28.0 Å². The third kappa shape index (κ3) is 3.59. The minimum atomic E-state index is -0.245. The molecule has 0 fully saturated rings. The number of halogens is 1. The number of nitrogens with zero attached hydrogens (tertiary/aromatic N) is 3. The average Bonchev–Trinajstić information content (AvgIpc) is 2.68. The summed E-state index contributed by atoms with van der Waals surface area (Å²) in [5.74, 6) is 0.970. The molecule has 0 spiro atoms. The molecule has 26 heavy (non-hydrogen) atoms. The molecule has 0 aliphatic carbocycles. The van der Waals surface area contributed by atoms with Gasteiger partial charge in [0.05, 0.1) is 5.52 Å². The third-order valence-electron chi connectivity index (χ3n) is 3.91. The molecule has 0 saturated carbocycles. The average molecular weight is 345 g/mol. The molecule has 2 aromatic carbocycles. The summed E-state index contributed by atoms with van der Waals surface area (Å²) in [6.07, 6.45) is 3.41. The number of benzene rings is 2. The first kappa shape index (κ1) is 16.0. The first-order valence-corrected chi connectivity index (χ1v) is 8.20. The van der Waals surface area contributed by atoms with Gasteiger partial charge in [-0.15, -0.1) is 0 Å². The number of rotatable bonds is 5. The molecule has 0 saturated heterocycles. The molecule has 0 bridgehead atoms. The van der Waals surface area contributed by atoms with Crippen molar-refractivity contribution in [2.45, 2.75) is 6.54 Å². The maximum Gasteiger partial charge on any atom is 0.229 e. The second kappa shape index (κ2) is 7.14. The number of fused-ring (bicyclic) bond motifs is 1. The van der Waals surface area contributed by atoms with Crippen molar-refractivity contribution in [3.63, 3.8) is 0 Å².